The van der Waals surface area contributed by atoms with Gasteiger partial charge in [-0.05, 0) is 45.1 Å². The van der Waals surface area contributed by atoms with Crippen LogP contribution in [0.2, 0.25) is 0 Å². The quantitative estimate of drug-likeness (QED) is 0.0724. The zero-order valence-corrected chi connectivity index (χ0v) is 21.9. The van der Waals surface area contributed by atoms with Crippen molar-refractivity contribution >= 4 is 41.6 Å². The summed E-state index contributed by atoms with van der Waals surface area (Å²) in [4.78, 5) is 61.3. The number of carbonyl (C=O) groups is 5. The molecule has 2 heterocycles. The lowest BCUT2D eigenvalue weighted by Gasteiger charge is -2.41. The van der Waals surface area contributed by atoms with Crippen LogP contribution in [0.1, 0.15) is 71.1 Å². The smallest absolute Gasteiger partial charge is 0.322 e. The second-order valence-electron chi connectivity index (χ2n) is 9.52. The van der Waals surface area contributed by atoms with Crippen LogP contribution in [-0.2, 0) is 19.2 Å². The van der Waals surface area contributed by atoms with E-state index in [2.05, 4.69) is 16.1 Å². The fourth-order valence-electron chi connectivity index (χ4n) is 4.93. The van der Waals surface area contributed by atoms with E-state index in [1.54, 1.807) is 0 Å². The van der Waals surface area contributed by atoms with Gasteiger partial charge in [-0.2, -0.15) is 0 Å². The molecule has 8 N–H and O–H groups in total. The number of thioether (sulfide) groups is 1. The minimum Gasteiger partial charge on any atom is -0.481 e. The van der Waals surface area contributed by atoms with Crippen LogP contribution < -0.4 is 21.8 Å². The monoisotopic (exact) mass is 545 g/mol. The van der Waals surface area contributed by atoms with Gasteiger partial charge in [0.15, 0.2) is 0 Å². The van der Waals surface area contributed by atoms with Gasteiger partial charge in [-0.3, -0.25) is 24.2 Å². The van der Waals surface area contributed by atoms with Crippen molar-refractivity contribution in [2.45, 2.75) is 100 Å². The maximum atomic E-state index is 14.4. The normalized spacial score (nSPS) is 24.0. The number of nitrogens with two attached hydrogens (primary N) is 1. The topological polar surface area (TPSA) is 211 Å². The van der Waals surface area contributed by atoms with Crippen LogP contribution in [-0.4, -0.2) is 91.4 Å². The molecule has 0 bridgehead atoms. The highest BCUT2D eigenvalue weighted by Crippen LogP contribution is 2.45. The highest BCUT2D eigenvalue weighted by atomic mass is 32.2. The van der Waals surface area contributed by atoms with Gasteiger partial charge in [0.25, 0.3) is 5.91 Å². The molecule has 0 aromatic heterocycles. The molecule has 2 aliphatic rings. The second-order valence-corrected chi connectivity index (χ2v) is 10.9. The molecule has 5 atom stereocenters. The van der Waals surface area contributed by atoms with Crippen LogP contribution in [0.4, 0.5) is 4.79 Å². The molecule has 2 rings (SSSR count). The van der Waals surface area contributed by atoms with Gasteiger partial charge in [-0.25, -0.2) is 10.2 Å². The molecular weight excluding hydrogens is 506 g/mol. The van der Waals surface area contributed by atoms with E-state index in [1.165, 1.54) is 16.8 Å². The molecule has 210 valence electrons. The number of carbonyl (C=O) groups excluding carboxylic acids is 2. The Morgan fingerprint density at radius 2 is 1.84 bits per heavy atom. The van der Waals surface area contributed by atoms with Crippen molar-refractivity contribution in [3.63, 3.8) is 0 Å². The molecule has 2 saturated heterocycles. The van der Waals surface area contributed by atoms with Crippen LogP contribution in [0.15, 0.2) is 0 Å². The summed E-state index contributed by atoms with van der Waals surface area (Å²) in [6.45, 7) is 2.23. The Labute approximate surface area is 220 Å². The summed E-state index contributed by atoms with van der Waals surface area (Å²) in [5.41, 5.74) is 8.39. The number of unbranched alkanes of at least 4 members (excludes halogenated alkanes) is 2. The standard InChI is InChI=1S/C23H39N5O8S/c1-2-7-14(12-18(31)32)28(27-15(20(33)34)8-4-6-11-24)21(35)23(10-5-3-9-17(29)30)19-16(13-37-23)25-22(36)26-19/h14-16,19,27H,2-13,24H2,1H3,(H,29,30)(H,31,32)(H,33,34)(H2,25,26,36)/t14?,15-,16-,19-,23-/m0/s1. The number of fused-ring (bicyclic) bond motifs is 1. The van der Waals surface area contributed by atoms with Gasteiger partial charge in [0.1, 0.15) is 10.8 Å². The maximum absolute atomic E-state index is 14.4. The van der Waals surface area contributed by atoms with Gasteiger partial charge in [0.2, 0.25) is 0 Å². The summed E-state index contributed by atoms with van der Waals surface area (Å²) in [6, 6.07) is -3.34. The van der Waals surface area contributed by atoms with Crippen molar-refractivity contribution in [2.24, 2.45) is 5.73 Å². The summed E-state index contributed by atoms with van der Waals surface area (Å²) in [5, 5.41) is 35.3. The number of rotatable bonds is 18. The maximum Gasteiger partial charge on any atom is 0.322 e. The number of hydrogen-bond acceptors (Lipinski definition) is 8. The van der Waals surface area contributed by atoms with Crippen molar-refractivity contribution in [2.75, 3.05) is 12.3 Å². The fraction of sp³-hybridized carbons (Fsp3) is 0.783. The fourth-order valence-corrected chi connectivity index (χ4v) is 6.60. The van der Waals surface area contributed by atoms with Gasteiger partial charge in [-0.1, -0.05) is 19.8 Å². The zero-order valence-electron chi connectivity index (χ0n) is 21.1. The van der Waals surface area contributed by atoms with E-state index in [1.807, 2.05) is 6.92 Å². The first-order chi connectivity index (χ1) is 17.5. The number of nitrogens with one attached hydrogen (secondary N) is 3. The van der Waals surface area contributed by atoms with Crippen molar-refractivity contribution in [1.29, 1.82) is 0 Å². The molecule has 2 fully saturated rings. The Balaban J connectivity index is 2.44. The summed E-state index contributed by atoms with van der Waals surface area (Å²) in [5.74, 6) is -3.34. The van der Waals surface area contributed by atoms with Gasteiger partial charge in [-0.15, -0.1) is 11.8 Å². The van der Waals surface area contributed by atoms with E-state index in [-0.39, 0.29) is 31.7 Å². The van der Waals surface area contributed by atoms with Crippen molar-refractivity contribution in [1.82, 2.24) is 21.1 Å². The highest BCUT2D eigenvalue weighted by Gasteiger charge is 2.59. The molecule has 0 aromatic rings. The largest absolute Gasteiger partial charge is 0.481 e. The number of aliphatic carboxylic acids is 3. The second kappa shape index (κ2) is 14.4. The lowest BCUT2D eigenvalue weighted by molar-refractivity contribution is -0.150. The third-order valence-electron chi connectivity index (χ3n) is 6.74. The minimum atomic E-state index is -1.22. The van der Waals surface area contributed by atoms with E-state index in [0.29, 0.717) is 50.8 Å². The zero-order chi connectivity index (χ0) is 27.6. The average molecular weight is 546 g/mol. The van der Waals surface area contributed by atoms with Gasteiger partial charge in [0.05, 0.1) is 24.5 Å². The van der Waals surface area contributed by atoms with Crippen LogP contribution in [0, 0.1) is 0 Å². The molecule has 0 aliphatic carbocycles. The molecule has 14 heteroatoms. The number of hydrazine groups is 1. The number of nitrogens with zero attached hydrogens (tertiary/aromatic N) is 1. The molecule has 0 spiro atoms. The van der Waals surface area contributed by atoms with Crippen molar-refractivity contribution in [3.8, 4) is 0 Å². The summed E-state index contributed by atoms with van der Waals surface area (Å²) in [6.07, 6.45) is 2.63. The first kappa shape index (κ1) is 30.6. The predicted octanol–water partition coefficient (Wildman–Crippen LogP) is 0.726. The van der Waals surface area contributed by atoms with Gasteiger partial charge >= 0.3 is 23.9 Å². The molecule has 0 radical (unpaired) electrons. The number of urea groups is 1. The summed E-state index contributed by atoms with van der Waals surface area (Å²) in [7, 11) is 0. The molecule has 37 heavy (non-hydrogen) atoms. The van der Waals surface area contributed by atoms with E-state index < -0.39 is 52.7 Å². The molecule has 0 saturated carbocycles. The van der Waals surface area contributed by atoms with Gasteiger partial charge in [0, 0.05) is 12.2 Å². The third-order valence-corrected chi connectivity index (χ3v) is 8.41. The molecule has 2 aliphatic heterocycles. The Morgan fingerprint density at radius 1 is 1.11 bits per heavy atom. The SMILES string of the molecule is CCCC(CC(=O)O)N(N[C@@H](CCCCN)C(=O)O)C(=O)[C@@]1(CCCCC(=O)O)SC[C@@H]2NC(=O)N[C@@H]21. The van der Waals surface area contributed by atoms with Crippen LogP contribution in [0.25, 0.3) is 0 Å². The van der Waals surface area contributed by atoms with Crippen molar-refractivity contribution < 1.29 is 39.3 Å². The predicted molar refractivity (Wildman–Crippen MR) is 136 cm³/mol. The number of carboxylic acid groups (broad SMARTS) is 3. The Kier molecular flexibility index (Phi) is 11.9. The Morgan fingerprint density at radius 3 is 2.43 bits per heavy atom. The van der Waals surface area contributed by atoms with Crippen LogP contribution >= 0.6 is 11.8 Å². The molecule has 0 aromatic carbocycles. The number of carboxylic acids is 3. The van der Waals surface area contributed by atoms with Crippen LogP contribution in [0.3, 0.4) is 0 Å². The lowest BCUT2D eigenvalue weighted by atomic mass is 9.87. The molecule has 3 amide bonds. The highest BCUT2D eigenvalue weighted by molar-refractivity contribution is 8.01. The third kappa shape index (κ3) is 8.20. The first-order valence-electron chi connectivity index (χ1n) is 12.7. The minimum absolute atomic E-state index is 0.0741. The van der Waals surface area contributed by atoms with E-state index >= 15 is 0 Å². The molecule has 1 unspecified atom stereocenters. The number of amides is 3. The first-order valence-corrected chi connectivity index (χ1v) is 13.7. The molecule has 13 nitrogen and oxygen atoms in total. The number of hydrogen-bond donors (Lipinski definition) is 7. The lowest BCUT2D eigenvalue weighted by Crippen LogP contribution is -2.64. The average Bonchev–Trinajstić information content (AvgIpc) is 3.36. The summed E-state index contributed by atoms with van der Waals surface area (Å²) >= 11 is 1.32. The Bertz CT molecular complexity index is 846. The van der Waals surface area contributed by atoms with E-state index in [4.69, 9.17) is 10.8 Å². The van der Waals surface area contributed by atoms with Crippen molar-refractivity contribution in [3.05, 3.63) is 0 Å². The summed E-state index contributed by atoms with van der Waals surface area (Å²) < 4.78 is -1.22. The van der Waals surface area contributed by atoms with E-state index in [9.17, 15) is 34.2 Å². The van der Waals surface area contributed by atoms with Crippen LogP contribution in [0.5, 0.6) is 0 Å². The van der Waals surface area contributed by atoms with E-state index in [0.717, 1.165) is 0 Å². The Hall–Kier alpha value is -2.58. The van der Waals surface area contributed by atoms with Gasteiger partial charge < -0.3 is 31.7 Å². The molecular formula is C23H39N5O8S.